The molecule has 0 bridgehead atoms. The van der Waals surface area contributed by atoms with Crippen molar-refractivity contribution in [2.45, 2.75) is 0 Å². The fourth-order valence-electron chi connectivity index (χ4n) is 1.90. The first kappa shape index (κ1) is 13.9. The summed E-state index contributed by atoms with van der Waals surface area (Å²) in [6.45, 7) is 0. The molecule has 0 amide bonds. The van der Waals surface area contributed by atoms with Gasteiger partial charge in [-0.05, 0) is 41.5 Å². The van der Waals surface area contributed by atoms with Gasteiger partial charge < -0.3 is 9.47 Å². The number of carbonyl (C=O) groups is 1. The van der Waals surface area contributed by atoms with E-state index in [1.807, 2.05) is 54.6 Å². The predicted octanol–water partition coefficient (Wildman–Crippen LogP) is 3.44. The normalized spacial score (nSPS) is 11.0. The maximum absolute atomic E-state index is 11.3. The SMILES string of the molecule is COc1cccc(/C=C(/C=O)c2cccc(OC)c2)c1. The van der Waals surface area contributed by atoms with Gasteiger partial charge in [-0.25, -0.2) is 0 Å². The van der Waals surface area contributed by atoms with Crippen LogP contribution in [0, 0.1) is 0 Å². The molecule has 0 heterocycles. The van der Waals surface area contributed by atoms with Gasteiger partial charge in [0.25, 0.3) is 0 Å². The quantitative estimate of drug-likeness (QED) is 0.473. The highest BCUT2D eigenvalue weighted by Crippen LogP contribution is 2.22. The average molecular weight is 268 g/mol. The first-order chi connectivity index (χ1) is 9.76. The van der Waals surface area contributed by atoms with Gasteiger partial charge in [0.05, 0.1) is 14.2 Å². The van der Waals surface area contributed by atoms with Crippen molar-refractivity contribution < 1.29 is 14.3 Å². The van der Waals surface area contributed by atoms with E-state index in [-0.39, 0.29) is 0 Å². The topological polar surface area (TPSA) is 35.5 Å². The van der Waals surface area contributed by atoms with Crippen LogP contribution in [-0.4, -0.2) is 20.5 Å². The van der Waals surface area contributed by atoms with Gasteiger partial charge in [0.15, 0.2) is 6.29 Å². The third kappa shape index (κ3) is 3.26. The lowest BCUT2D eigenvalue weighted by Gasteiger charge is -2.05. The molecule has 2 rings (SSSR count). The van der Waals surface area contributed by atoms with Crippen molar-refractivity contribution in [3.05, 3.63) is 59.7 Å². The second kappa shape index (κ2) is 6.57. The molecule has 0 radical (unpaired) electrons. The third-order valence-electron chi connectivity index (χ3n) is 2.95. The molecule has 0 saturated heterocycles. The molecule has 0 unspecified atom stereocenters. The van der Waals surface area contributed by atoms with Gasteiger partial charge in [-0.15, -0.1) is 0 Å². The highest BCUT2D eigenvalue weighted by Gasteiger charge is 2.03. The minimum atomic E-state index is 0.595. The van der Waals surface area contributed by atoms with E-state index >= 15 is 0 Å². The van der Waals surface area contributed by atoms with Crippen LogP contribution >= 0.6 is 0 Å². The number of carbonyl (C=O) groups excluding carboxylic acids is 1. The van der Waals surface area contributed by atoms with Crippen molar-refractivity contribution in [3.8, 4) is 11.5 Å². The fraction of sp³-hybridized carbons (Fsp3) is 0.118. The Bertz CT molecular complexity index is 630. The Labute approximate surface area is 118 Å². The van der Waals surface area contributed by atoms with Crippen LogP contribution in [0.4, 0.5) is 0 Å². The zero-order valence-corrected chi connectivity index (χ0v) is 11.5. The Morgan fingerprint density at radius 2 is 1.60 bits per heavy atom. The summed E-state index contributed by atoms with van der Waals surface area (Å²) in [5, 5.41) is 0. The lowest BCUT2D eigenvalue weighted by atomic mass is 10.0. The summed E-state index contributed by atoms with van der Waals surface area (Å²) in [7, 11) is 3.22. The Kier molecular flexibility index (Phi) is 4.56. The number of allylic oxidation sites excluding steroid dienone is 1. The molecule has 0 aromatic heterocycles. The number of rotatable bonds is 5. The first-order valence-electron chi connectivity index (χ1n) is 6.22. The van der Waals surface area contributed by atoms with E-state index in [2.05, 4.69) is 0 Å². The predicted molar refractivity (Wildman–Crippen MR) is 79.9 cm³/mol. The third-order valence-corrected chi connectivity index (χ3v) is 2.95. The number of aldehydes is 1. The molecule has 0 spiro atoms. The summed E-state index contributed by atoms with van der Waals surface area (Å²) in [5.41, 5.74) is 2.33. The van der Waals surface area contributed by atoms with E-state index in [1.165, 1.54) is 0 Å². The number of methoxy groups -OCH3 is 2. The van der Waals surface area contributed by atoms with Crippen LogP contribution in [0.3, 0.4) is 0 Å². The van der Waals surface area contributed by atoms with Gasteiger partial charge in [0, 0.05) is 5.57 Å². The second-order valence-corrected chi connectivity index (χ2v) is 4.23. The van der Waals surface area contributed by atoms with Crippen molar-refractivity contribution >= 4 is 17.9 Å². The summed E-state index contributed by atoms with van der Waals surface area (Å²) in [6, 6.07) is 15.0. The zero-order chi connectivity index (χ0) is 14.4. The number of ether oxygens (including phenoxy) is 2. The highest BCUT2D eigenvalue weighted by molar-refractivity contribution is 6.13. The zero-order valence-electron chi connectivity index (χ0n) is 11.5. The summed E-state index contributed by atoms with van der Waals surface area (Å²) < 4.78 is 10.3. The monoisotopic (exact) mass is 268 g/mol. The Morgan fingerprint density at radius 3 is 2.25 bits per heavy atom. The van der Waals surface area contributed by atoms with E-state index in [0.717, 1.165) is 28.9 Å². The van der Waals surface area contributed by atoms with Crippen LogP contribution in [0.25, 0.3) is 11.6 Å². The molecule has 3 heteroatoms. The first-order valence-corrected chi connectivity index (χ1v) is 6.22. The van der Waals surface area contributed by atoms with Gasteiger partial charge in [-0.3, -0.25) is 4.79 Å². The summed E-state index contributed by atoms with van der Waals surface area (Å²) in [6.07, 6.45) is 2.67. The van der Waals surface area contributed by atoms with Crippen LogP contribution in [-0.2, 0) is 4.79 Å². The summed E-state index contributed by atoms with van der Waals surface area (Å²) in [5.74, 6) is 1.48. The standard InChI is InChI=1S/C17H16O3/c1-19-16-7-3-5-13(10-16)9-15(12-18)14-6-4-8-17(11-14)20-2/h3-12H,1-2H3/b15-9-. The largest absolute Gasteiger partial charge is 0.497 e. The van der Waals surface area contributed by atoms with Crippen LogP contribution in [0.2, 0.25) is 0 Å². The van der Waals surface area contributed by atoms with Crippen LogP contribution < -0.4 is 9.47 Å². The minimum absolute atomic E-state index is 0.595. The number of benzene rings is 2. The molecule has 0 atom stereocenters. The molecule has 0 saturated carbocycles. The van der Waals surface area contributed by atoms with Gasteiger partial charge >= 0.3 is 0 Å². The molecule has 0 fully saturated rings. The van der Waals surface area contributed by atoms with Gasteiger partial charge in [-0.2, -0.15) is 0 Å². The van der Waals surface area contributed by atoms with Gasteiger partial charge in [-0.1, -0.05) is 24.3 Å². The van der Waals surface area contributed by atoms with Crippen LogP contribution in [0.1, 0.15) is 11.1 Å². The molecule has 0 aliphatic heterocycles. The molecule has 2 aromatic rings. The molecule has 0 aliphatic rings. The molecular weight excluding hydrogens is 252 g/mol. The molecular formula is C17H16O3. The highest BCUT2D eigenvalue weighted by atomic mass is 16.5. The Hall–Kier alpha value is -2.55. The Balaban J connectivity index is 2.39. The molecule has 2 aromatic carbocycles. The summed E-state index contributed by atoms with van der Waals surface area (Å²) in [4.78, 5) is 11.3. The lowest BCUT2D eigenvalue weighted by Crippen LogP contribution is -1.89. The lowest BCUT2D eigenvalue weighted by molar-refractivity contribution is -0.103. The van der Waals surface area contributed by atoms with Crippen LogP contribution in [0.15, 0.2) is 48.5 Å². The summed E-state index contributed by atoms with van der Waals surface area (Å²) >= 11 is 0. The smallest absolute Gasteiger partial charge is 0.150 e. The molecule has 20 heavy (non-hydrogen) atoms. The molecule has 0 N–H and O–H groups in total. The number of hydrogen-bond acceptors (Lipinski definition) is 3. The van der Waals surface area contributed by atoms with E-state index < -0.39 is 0 Å². The van der Waals surface area contributed by atoms with Gasteiger partial charge in [0.1, 0.15) is 11.5 Å². The van der Waals surface area contributed by atoms with Crippen molar-refractivity contribution in [1.29, 1.82) is 0 Å². The maximum Gasteiger partial charge on any atom is 0.150 e. The van der Waals surface area contributed by atoms with Crippen molar-refractivity contribution in [2.24, 2.45) is 0 Å². The van der Waals surface area contributed by atoms with Crippen molar-refractivity contribution in [2.75, 3.05) is 14.2 Å². The fourth-order valence-corrected chi connectivity index (χ4v) is 1.90. The van der Waals surface area contributed by atoms with E-state index in [4.69, 9.17) is 9.47 Å². The van der Waals surface area contributed by atoms with Gasteiger partial charge in [0.2, 0.25) is 0 Å². The molecule has 0 aliphatic carbocycles. The molecule has 3 nitrogen and oxygen atoms in total. The van der Waals surface area contributed by atoms with E-state index in [9.17, 15) is 4.79 Å². The number of hydrogen-bond donors (Lipinski definition) is 0. The van der Waals surface area contributed by atoms with Crippen molar-refractivity contribution in [1.82, 2.24) is 0 Å². The van der Waals surface area contributed by atoms with E-state index in [1.54, 1.807) is 14.2 Å². The molecule has 102 valence electrons. The maximum atomic E-state index is 11.3. The van der Waals surface area contributed by atoms with Crippen molar-refractivity contribution in [3.63, 3.8) is 0 Å². The Morgan fingerprint density at radius 1 is 0.950 bits per heavy atom. The second-order valence-electron chi connectivity index (χ2n) is 4.23. The van der Waals surface area contributed by atoms with E-state index in [0.29, 0.717) is 5.57 Å². The average Bonchev–Trinajstić information content (AvgIpc) is 2.52. The minimum Gasteiger partial charge on any atom is -0.497 e. The van der Waals surface area contributed by atoms with Crippen LogP contribution in [0.5, 0.6) is 11.5 Å².